The summed E-state index contributed by atoms with van der Waals surface area (Å²) in [5, 5.41) is 12.4. The number of nitrogens with one attached hydrogen (secondary N) is 1. The zero-order valence-corrected chi connectivity index (χ0v) is 9.98. The molecular weight excluding hydrogens is 204 g/mol. The van der Waals surface area contributed by atoms with Crippen molar-refractivity contribution in [3.8, 4) is 0 Å². The minimum absolute atomic E-state index is 0.142. The Morgan fingerprint density at radius 3 is 2.81 bits per heavy atom. The number of aliphatic carboxylic acids is 1. The van der Waals surface area contributed by atoms with Crippen molar-refractivity contribution in [1.82, 2.24) is 10.2 Å². The second-order valence-electron chi connectivity index (χ2n) is 4.96. The first-order chi connectivity index (χ1) is 7.72. The topological polar surface area (TPSA) is 52.6 Å². The number of carbonyl (C=O) groups is 1. The van der Waals surface area contributed by atoms with Crippen molar-refractivity contribution < 1.29 is 9.90 Å². The molecule has 92 valence electrons. The van der Waals surface area contributed by atoms with Gasteiger partial charge in [-0.1, -0.05) is 6.92 Å². The summed E-state index contributed by atoms with van der Waals surface area (Å²) in [5.74, 6) is -0.779. The highest BCUT2D eigenvalue weighted by Gasteiger charge is 2.36. The van der Waals surface area contributed by atoms with E-state index in [0.717, 1.165) is 25.9 Å². The van der Waals surface area contributed by atoms with Crippen LogP contribution in [0.1, 0.15) is 32.6 Å². The number of likely N-dealkylation sites (tertiary alicyclic amines) is 1. The van der Waals surface area contributed by atoms with Gasteiger partial charge in [0.1, 0.15) is 0 Å². The molecule has 2 N–H and O–H groups in total. The molecule has 1 saturated carbocycles. The van der Waals surface area contributed by atoms with E-state index in [9.17, 15) is 4.79 Å². The van der Waals surface area contributed by atoms with Gasteiger partial charge in [-0.2, -0.15) is 0 Å². The van der Waals surface area contributed by atoms with E-state index >= 15 is 0 Å². The zero-order valence-electron chi connectivity index (χ0n) is 9.98. The highest BCUT2D eigenvalue weighted by atomic mass is 16.4. The molecule has 0 bridgehead atoms. The van der Waals surface area contributed by atoms with Crippen LogP contribution in [0, 0.1) is 5.92 Å². The van der Waals surface area contributed by atoms with Gasteiger partial charge in [0.25, 0.3) is 0 Å². The van der Waals surface area contributed by atoms with Crippen LogP contribution in [0.2, 0.25) is 0 Å². The second kappa shape index (κ2) is 5.15. The van der Waals surface area contributed by atoms with Crippen molar-refractivity contribution in [3.05, 3.63) is 0 Å². The summed E-state index contributed by atoms with van der Waals surface area (Å²) in [7, 11) is 0. The van der Waals surface area contributed by atoms with E-state index < -0.39 is 5.97 Å². The van der Waals surface area contributed by atoms with E-state index in [1.165, 1.54) is 19.4 Å². The maximum absolute atomic E-state index is 10.9. The summed E-state index contributed by atoms with van der Waals surface area (Å²) >= 11 is 0. The molecule has 1 heterocycles. The van der Waals surface area contributed by atoms with Crippen molar-refractivity contribution in [3.63, 3.8) is 0 Å². The Hall–Kier alpha value is -0.610. The van der Waals surface area contributed by atoms with Gasteiger partial charge in [0, 0.05) is 18.6 Å². The first-order valence-electron chi connectivity index (χ1n) is 6.42. The van der Waals surface area contributed by atoms with Gasteiger partial charge in [-0.15, -0.1) is 0 Å². The van der Waals surface area contributed by atoms with E-state index in [4.69, 9.17) is 5.11 Å². The largest absolute Gasteiger partial charge is 0.481 e. The minimum atomic E-state index is -0.637. The summed E-state index contributed by atoms with van der Waals surface area (Å²) in [6.45, 7) is 5.47. The predicted octanol–water partition coefficient (Wildman–Crippen LogP) is 0.923. The molecule has 1 aliphatic heterocycles. The van der Waals surface area contributed by atoms with E-state index in [2.05, 4.69) is 17.1 Å². The molecule has 1 aliphatic carbocycles. The van der Waals surface area contributed by atoms with E-state index in [1.54, 1.807) is 0 Å². The maximum atomic E-state index is 10.9. The van der Waals surface area contributed by atoms with E-state index in [0.29, 0.717) is 6.04 Å². The van der Waals surface area contributed by atoms with Crippen LogP contribution in [0.5, 0.6) is 0 Å². The molecular formula is C12H22N2O2. The fourth-order valence-corrected chi connectivity index (χ4v) is 2.87. The Kier molecular flexibility index (Phi) is 3.82. The lowest BCUT2D eigenvalue weighted by Gasteiger charge is -2.36. The van der Waals surface area contributed by atoms with Crippen LogP contribution >= 0.6 is 0 Å². The normalized spacial score (nSPS) is 34.9. The molecule has 3 unspecified atom stereocenters. The molecule has 0 radical (unpaired) electrons. The lowest BCUT2D eigenvalue weighted by molar-refractivity contribution is -0.146. The molecule has 0 aromatic heterocycles. The molecule has 2 aliphatic rings. The summed E-state index contributed by atoms with van der Waals surface area (Å²) in [5.41, 5.74) is 0. The van der Waals surface area contributed by atoms with Crippen molar-refractivity contribution in [2.75, 3.05) is 19.6 Å². The smallest absolute Gasteiger partial charge is 0.308 e. The minimum Gasteiger partial charge on any atom is -0.481 e. The van der Waals surface area contributed by atoms with Crippen LogP contribution in [0.15, 0.2) is 0 Å². The van der Waals surface area contributed by atoms with Crippen molar-refractivity contribution in [1.29, 1.82) is 0 Å². The summed E-state index contributed by atoms with van der Waals surface area (Å²) in [6, 6.07) is 0.844. The van der Waals surface area contributed by atoms with Gasteiger partial charge in [-0.25, -0.2) is 0 Å². The molecule has 16 heavy (non-hydrogen) atoms. The SMILES string of the molecule is CCN1CCCC1CNC1CCC1C(=O)O. The number of nitrogens with zero attached hydrogens (tertiary/aromatic N) is 1. The van der Waals surface area contributed by atoms with Crippen LogP contribution in [0.4, 0.5) is 0 Å². The van der Waals surface area contributed by atoms with Gasteiger partial charge in [0.2, 0.25) is 0 Å². The van der Waals surface area contributed by atoms with Crippen LogP contribution in [0.25, 0.3) is 0 Å². The Balaban J connectivity index is 1.73. The Bertz CT molecular complexity index is 257. The molecule has 4 nitrogen and oxygen atoms in total. The predicted molar refractivity (Wildman–Crippen MR) is 62.4 cm³/mol. The average molecular weight is 226 g/mol. The molecule has 2 fully saturated rings. The Morgan fingerprint density at radius 1 is 1.44 bits per heavy atom. The van der Waals surface area contributed by atoms with Crippen molar-refractivity contribution >= 4 is 5.97 Å². The maximum Gasteiger partial charge on any atom is 0.308 e. The number of rotatable bonds is 5. The molecule has 0 amide bonds. The highest BCUT2D eigenvalue weighted by Crippen LogP contribution is 2.28. The third-order valence-corrected chi connectivity index (χ3v) is 4.11. The third-order valence-electron chi connectivity index (χ3n) is 4.11. The van der Waals surface area contributed by atoms with Crippen LogP contribution in [-0.4, -0.2) is 47.7 Å². The zero-order chi connectivity index (χ0) is 11.5. The number of carboxylic acid groups (broad SMARTS) is 1. The quantitative estimate of drug-likeness (QED) is 0.732. The van der Waals surface area contributed by atoms with Gasteiger partial charge < -0.3 is 10.4 Å². The van der Waals surface area contributed by atoms with Gasteiger partial charge in [-0.3, -0.25) is 9.69 Å². The van der Waals surface area contributed by atoms with E-state index in [1.807, 2.05) is 0 Å². The molecule has 1 saturated heterocycles. The Morgan fingerprint density at radius 2 is 2.25 bits per heavy atom. The number of likely N-dealkylation sites (N-methyl/N-ethyl adjacent to an activating group) is 1. The van der Waals surface area contributed by atoms with Gasteiger partial charge in [0.05, 0.1) is 5.92 Å². The monoisotopic (exact) mass is 226 g/mol. The first-order valence-corrected chi connectivity index (χ1v) is 6.42. The fourth-order valence-electron chi connectivity index (χ4n) is 2.87. The molecule has 3 atom stereocenters. The fraction of sp³-hybridized carbons (Fsp3) is 0.917. The molecule has 0 aromatic rings. The van der Waals surface area contributed by atoms with Crippen LogP contribution < -0.4 is 5.32 Å². The second-order valence-corrected chi connectivity index (χ2v) is 4.96. The van der Waals surface area contributed by atoms with Gasteiger partial charge in [-0.05, 0) is 38.8 Å². The van der Waals surface area contributed by atoms with Crippen LogP contribution in [0.3, 0.4) is 0 Å². The molecule has 4 heteroatoms. The average Bonchev–Trinajstić information content (AvgIpc) is 2.62. The van der Waals surface area contributed by atoms with Gasteiger partial charge >= 0.3 is 5.97 Å². The van der Waals surface area contributed by atoms with Gasteiger partial charge in [0.15, 0.2) is 0 Å². The first kappa shape index (κ1) is 11.9. The lowest BCUT2D eigenvalue weighted by Crippen LogP contribution is -2.51. The van der Waals surface area contributed by atoms with Crippen LogP contribution in [-0.2, 0) is 4.79 Å². The van der Waals surface area contributed by atoms with Crippen molar-refractivity contribution in [2.45, 2.75) is 44.7 Å². The lowest BCUT2D eigenvalue weighted by atomic mass is 9.79. The number of carboxylic acids is 1. The summed E-state index contributed by atoms with van der Waals surface area (Å²) in [4.78, 5) is 13.3. The number of hydrogen-bond acceptors (Lipinski definition) is 3. The highest BCUT2D eigenvalue weighted by molar-refractivity contribution is 5.72. The summed E-state index contributed by atoms with van der Waals surface area (Å²) < 4.78 is 0. The standard InChI is InChI=1S/C12H22N2O2/c1-2-14-7-3-4-9(14)8-13-11-6-5-10(11)12(15)16/h9-11,13H,2-8H2,1H3,(H,15,16). The summed E-state index contributed by atoms with van der Waals surface area (Å²) in [6.07, 6.45) is 4.41. The molecule has 0 aromatic carbocycles. The molecule has 0 spiro atoms. The van der Waals surface area contributed by atoms with E-state index in [-0.39, 0.29) is 12.0 Å². The third kappa shape index (κ3) is 2.38. The Labute approximate surface area is 97.0 Å². The number of hydrogen-bond donors (Lipinski definition) is 2. The molecule has 2 rings (SSSR count). The van der Waals surface area contributed by atoms with Crippen molar-refractivity contribution in [2.24, 2.45) is 5.92 Å².